The summed E-state index contributed by atoms with van der Waals surface area (Å²) >= 11 is 5.91. The van der Waals surface area contributed by atoms with Crippen molar-refractivity contribution in [1.82, 2.24) is 4.98 Å². The Morgan fingerprint density at radius 3 is 2.84 bits per heavy atom. The molecule has 0 aliphatic rings. The molecule has 5 heteroatoms. The Labute approximate surface area is 115 Å². The largest absolute Gasteiger partial charge is 0.491 e. The maximum Gasteiger partial charge on any atom is 0.339 e. The highest BCUT2D eigenvalue weighted by Gasteiger charge is 2.14. The standard InChI is InChI=1S/C14H12ClNO3/c1-2-19-13-8-16-12(7-11(13)14(17)18)9-4-3-5-10(15)6-9/h3-8H,2H2,1H3,(H,17,18). The molecule has 2 rings (SSSR count). The lowest BCUT2D eigenvalue weighted by Crippen LogP contribution is -2.04. The van der Waals surface area contributed by atoms with E-state index in [1.807, 2.05) is 6.07 Å². The number of halogens is 1. The number of hydrogen-bond donors (Lipinski definition) is 1. The average Bonchev–Trinajstić information content (AvgIpc) is 2.39. The van der Waals surface area contributed by atoms with Crippen molar-refractivity contribution in [3.05, 3.63) is 47.1 Å². The molecule has 19 heavy (non-hydrogen) atoms. The van der Waals surface area contributed by atoms with Gasteiger partial charge in [0.2, 0.25) is 0 Å². The monoisotopic (exact) mass is 277 g/mol. The number of aromatic nitrogens is 1. The first-order valence-electron chi connectivity index (χ1n) is 5.74. The Morgan fingerprint density at radius 2 is 2.21 bits per heavy atom. The van der Waals surface area contributed by atoms with E-state index >= 15 is 0 Å². The predicted octanol–water partition coefficient (Wildman–Crippen LogP) is 3.50. The van der Waals surface area contributed by atoms with E-state index in [2.05, 4.69) is 4.98 Å². The second kappa shape index (κ2) is 5.71. The molecule has 2 aromatic rings. The molecule has 0 fully saturated rings. The summed E-state index contributed by atoms with van der Waals surface area (Å²) in [7, 11) is 0. The first-order chi connectivity index (χ1) is 9.11. The van der Waals surface area contributed by atoms with Crippen LogP contribution in [0.1, 0.15) is 17.3 Å². The van der Waals surface area contributed by atoms with Gasteiger partial charge in [0, 0.05) is 10.6 Å². The van der Waals surface area contributed by atoms with E-state index in [1.165, 1.54) is 12.3 Å². The molecule has 0 amide bonds. The molecule has 4 nitrogen and oxygen atoms in total. The van der Waals surface area contributed by atoms with Gasteiger partial charge in [-0.25, -0.2) is 4.79 Å². The van der Waals surface area contributed by atoms with Gasteiger partial charge in [0.15, 0.2) is 5.75 Å². The summed E-state index contributed by atoms with van der Waals surface area (Å²) in [5.74, 6) is -0.782. The van der Waals surface area contributed by atoms with Crippen molar-refractivity contribution in [2.75, 3.05) is 6.61 Å². The van der Waals surface area contributed by atoms with Gasteiger partial charge in [-0.15, -0.1) is 0 Å². The van der Waals surface area contributed by atoms with Gasteiger partial charge in [-0.3, -0.25) is 4.98 Å². The summed E-state index contributed by atoms with van der Waals surface area (Å²) in [6, 6.07) is 8.57. The van der Waals surface area contributed by atoms with Crippen molar-refractivity contribution in [3.63, 3.8) is 0 Å². The maximum absolute atomic E-state index is 11.2. The number of ether oxygens (including phenoxy) is 1. The summed E-state index contributed by atoms with van der Waals surface area (Å²) in [5, 5.41) is 9.76. The van der Waals surface area contributed by atoms with Crippen LogP contribution in [0.15, 0.2) is 36.5 Å². The summed E-state index contributed by atoms with van der Waals surface area (Å²) < 4.78 is 5.24. The second-order valence-electron chi connectivity index (χ2n) is 3.81. The molecule has 0 radical (unpaired) electrons. The third kappa shape index (κ3) is 3.03. The van der Waals surface area contributed by atoms with E-state index < -0.39 is 5.97 Å². The number of aromatic carboxylic acids is 1. The highest BCUT2D eigenvalue weighted by molar-refractivity contribution is 6.30. The minimum absolute atomic E-state index is 0.0897. The molecule has 0 saturated heterocycles. The lowest BCUT2D eigenvalue weighted by atomic mass is 10.1. The van der Waals surface area contributed by atoms with Gasteiger partial charge in [0.25, 0.3) is 0 Å². The Balaban J connectivity index is 2.49. The Hall–Kier alpha value is -2.07. The number of nitrogens with zero attached hydrogens (tertiary/aromatic N) is 1. The highest BCUT2D eigenvalue weighted by Crippen LogP contribution is 2.26. The fourth-order valence-corrected chi connectivity index (χ4v) is 1.88. The smallest absolute Gasteiger partial charge is 0.339 e. The highest BCUT2D eigenvalue weighted by atomic mass is 35.5. The van der Waals surface area contributed by atoms with Gasteiger partial charge in [-0.2, -0.15) is 0 Å². The zero-order valence-corrected chi connectivity index (χ0v) is 11.0. The first-order valence-corrected chi connectivity index (χ1v) is 6.11. The lowest BCUT2D eigenvalue weighted by Gasteiger charge is -2.08. The van der Waals surface area contributed by atoms with Crippen LogP contribution in [0.3, 0.4) is 0 Å². The number of pyridine rings is 1. The van der Waals surface area contributed by atoms with Crippen molar-refractivity contribution < 1.29 is 14.6 Å². The molecule has 1 aromatic heterocycles. The minimum Gasteiger partial charge on any atom is -0.491 e. The van der Waals surface area contributed by atoms with Gasteiger partial charge in [0.1, 0.15) is 5.56 Å². The van der Waals surface area contributed by atoms with Crippen molar-refractivity contribution >= 4 is 17.6 Å². The SMILES string of the molecule is CCOc1cnc(-c2cccc(Cl)c2)cc1C(=O)O. The number of carbonyl (C=O) groups is 1. The molecule has 1 aromatic carbocycles. The summed E-state index contributed by atoms with van der Waals surface area (Å²) in [6.45, 7) is 2.18. The van der Waals surface area contributed by atoms with Gasteiger partial charge in [-0.1, -0.05) is 23.7 Å². The number of hydrogen-bond acceptors (Lipinski definition) is 3. The normalized spacial score (nSPS) is 10.2. The van der Waals surface area contributed by atoms with E-state index in [0.29, 0.717) is 17.3 Å². The molecule has 0 unspecified atom stereocenters. The van der Waals surface area contributed by atoms with Gasteiger partial charge in [-0.05, 0) is 25.1 Å². The lowest BCUT2D eigenvalue weighted by molar-refractivity contribution is 0.0692. The van der Waals surface area contributed by atoms with Crippen molar-refractivity contribution in [2.24, 2.45) is 0 Å². The Bertz CT molecular complexity index is 613. The number of rotatable bonds is 4. The van der Waals surface area contributed by atoms with Gasteiger partial charge in [0.05, 0.1) is 18.5 Å². The van der Waals surface area contributed by atoms with E-state index in [9.17, 15) is 9.90 Å². The summed E-state index contributed by atoms with van der Waals surface area (Å²) in [4.78, 5) is 15.4. The molecular formula is C14H12ClNO3. The molecule has 1 N–H and O–H groups in total. The van der Waals surface area contributed by atoms with Crippen molar-refractivity contribution in [2.45, 2.75) is 6.92 Å². The molecule has 0 spiro atoms. The quantitative estimate of drug-likeness (QED) is 0.929. The molecule has 0 aliphatic carbocycles. The fraction of sp³-hybridized carbons (Fsp3) is 0.143. The van der Waals surface area contributed by atoms with Crippen molar-refractivity contribution in [1.29, 1.82) is 0 Å². The van der Waals surface area contributed by atoms with Crippen LogP contribution in [0.25, 0.3) is 11.3 Å². The topological polar surface area (TPSA) is 59.4 Å². The third-order valence-corrected chi connectivity index (χ3v) is 2.75. The average molecular weight is 278 g/mol. The molecule has 0 atom stereocenters. The van der Waals surface area contributed by atoms with E-state index in [-0.39, 0.29) is 11.3 Å². The predicted molar refractivity (Wildman–Crippen MR) is 72.8 cm³/mol. The van der Waals surface area contributed by atoms with Crippen LogP contribution >= 0.6 is 11.6 Å². The molecule has 0 saturated carbocycles. The molecule has 0 aliphatic heterocycles. The third-order valence-electron chi connectivity index (χ3n) is 2.52. The first kappa shape index (κ1) is 13.4. The zero-order chi connectivity index (χ0) is 13.8. The van der Waals surface area contributed by atoms with E-state index in [1.54, 1.807) is 25.1 Å². The summed E-state index contributed by atoms with van der Waals surface area (Å²) in [5.41, 5.74) is 1.40. The molecular weight excluding hydrogens is 266 g/mol. The number of benzene rings is 1. The Kier molecular flexibility index (Phi) is 4.02. The van der Waals surface area contributed by atoms with Gasteiger partial charge < -0.3 is 9.84 Å². The molecule has 1 heterocycles. The van der Waals surface area contributed by atoms with Crippen LogP contribution in [0, 0.1) is 0 Å². The number of carboxylic acids is 1. The van der Waals surface area contributed by atoms with E-state index in [0.717, 1.165) is 5.56 Å². The van der Waals surface area contributed by atoms with Crippen LogP contribution in [-0.2, 0) is 0 Å². The molecule has 0 bridgehead atoms. The zero-order valence-electron chi connectivity index (χ0n) is 10.3. The van der Waals surface area contributed by atoms with Crippen molar-refractivity contribution in [3.8, 4) is 17.0 Å². The number of carboxylic acid groups (broad SMARTS) is 1. The van der Waals surface area contributed by atoms with Crippen LogP contribution in [0.5, 0.6) is 5.75 Å². The molecule has 98 valence electrons. The summed E-state index contributed by atoms with van der Waals surface area (Å²) in [6.07, 6.45) is 1.42. The van der Waals surface area contributed by atoms with E-state index in [4.69, 9.17) is 16.3 Å². The van der Waals surface area contributed by atoms with Crippen LogP contribution in [-0.4, -0.2) is 22.7 Å². The van der Waals surface area contributed by atoms with Crippen LogP contribution in [0.2, 0.25) is 5.02 Å². The second-order valence-corrected chi connectivity index (χ2v) is 4.25. The van der Waals surface area contributed by atoms with Gasteiger partial charge >= 0.3 is 5.97 Å². The minimum atomic E-state index is -1.05. The maximum atomic E-state index is 11.2. The fourth-order valence-electron chi connectivity index (χ4n) is 1.69. The van der Waals surface area contributed by atoms with Crippen LogP contribution in [0.4, 0.5) is 0 Å². The van der Waals surface area contributed by atoms with Crippen LogP contribution < -0.4 is 4.74 Å². The Morgan fingerprint density at radius 1 is 1.42 bits per heavy atom.